The molecule has 4 nitrogen and oxygen atoms in total. The second kappa shape index (κ2) is 7.97. The molecule has 22 heavy (non-hydrogen) atoms. The summed E-state index contributed by atoms with van der Waals surface area (Å²) in [6, 6.07) is 7.62. The fourth-order valence-electron chi connectivity index (χ4n) is 2.74. The molecule has 1 aromatic carbocycles. The highest BCUT2D eigenvalue weighted by molar-refractivity contribution is 5.92. The Labute approximate surface area is 132 Å². The van der Waals surface area contributed by atoms with Gasteiger partial charge in [-0.3, -0.25) is 9.59 Å². The lowest BCUT2D eigenvalue weighted by Gasteiger charge is -2.11. The molecule has 0 radical (unpaired) electrons. The van der Waals surface area contributed by atoms with Crippen molar-refractivity contribution in [1.29, 1.82) is 0 Å². The van der Waals surface area contributed by atoms with Gasteiger partial charge in [0.15, 0.2) is 0 Å². The van der Waals surface area contributed by atoms with Gasteiger partial charge in [-0.25, -0.2) is 0 Å². The number of carbonyl (C=O) groups is 2. The molecule has 0 spiro atoms. The maximum Gasteiger partial charge on any atom is 0.226 e. The zero-order chi connectivity index (χ0) is 15.9. The van der Waals surface area contributed by atoms with Crippen LogP contribution in [0.1, 0.15) is 51.5 Å². The van der Waals surface area contributed by atoms with Gasteiger partial charge in [-0.15, -0.1) is 0 Å². The Morgan fingerprint density at radius 1 is 1.14 bits per heavy atom. The number of benzene rings is 1. The monoisotopic (exact) mass is 302 g/mol. The summed E-state index contributed by atoms with van der Waals surface area (Å²) in [5.74, 6) is 0.699. The normalized spacial score (nSPS) is 15.0. The zero-order valence-corrected chi connectivity index (χ0v) is 13.5. The van der Waals surface area contributed by atoms with Crippen molar-refractivity contribution in [3.8, 4) is 0 Å². The Hall–Kier alpha value is -1.84. The van der Waals surface area contributed by atoms with E-state index in [0.29, 0.717) is 18.9 Å². The molecular weight excluding hydrogens is 276 g/mol. The molecule has 2 amide bonds. The summed E-state index contributed by atoms with van der Waals surface area (Å²) >= 11 is 0. The van der Waals surface area contributed by atoms with E-state index in [4.69, 9.17) is 0 Å². The van der Waals surface area contributed by atoms with E-state index in [1.54, 1.807) is 0 Å². The maximum absolute atomic E-state index is 11.9. The van der Waals surface area contributed by atoms with Crippen LogP contribution in [-0.2, 0) is 16.1 Å². The summed E-state index contributed by atoms with van der Waals surface area (Å²) in [7, 11) is 0. The molecule has 1 saturated carbocycles. The first-order chi connectivity index (χ1) is 10.5. The van der Waals surface area contributed by atoms with Gasteiger partial charge in [0.05, 0.1) is 0 Å². The van der Waals surface area contributed by atoms with E-state index in [1.165, 1.54) is 25.7 Å². The third-order valence-electron chi connectivity index (χ3n) is 4.18. The minimum absolute atomic E-state index is 0.0117. The molecule has 0 aromatic heterocycles. The van der Waals surface area contributed by atoms with Crippen molar-refractivity contribution in [3.05, 3.63) is 29.8 Å². The third-order valence-corrected chi connectivity index (χ3v) is 4.18. The van der Waals surface area contributed by atoms with Crippen molar-refractivity contribution in [3.63, 3.8) is 0 Å². The van der Waals surface area contributed by atoms with Gasteiger partial charge < -0.3 is 10.6 Å². The second-order valence-electron chi connectivity index (χ2n) is 6.47. The van der Waals surface area contributed by atoms with Crippen LogP contribution in [0, 0.1) is 11.8 Å². The molecule has 0 bridgehead atoms. The van der Waals surface area contributed by atoms with Crippen LogP contribution in [0.25, 0.3) is 0 Å². The Kier molecular flexibility index (Phi) is 5.99. The van der Waals surface area contributed by atoms with E-state index in [-0.39, 0.29) is 17.7 Å². The van der Waals surface area contributed by atoms with Crippen molar-refractivity contribution < 1.29 is 9.59 Å². The molecule has 0 heterocycles. The number of carbonyl (C=O) groups excluding carboxylic acids is 2. The topological polar surface area (TPSA) is 58.2 Å². The van der Waals surface area contributed by atoms with E-state index in [2.05, 4.69) is 10.6 Å². The highest BCUT2D eigenvalue weighted by Gasteiger charge is 2.18. The first-order valence-corrected chi connectivity index (χ1v) is 8.21. The van der Waals surface area contributed by atoms with E-state index < -0.39 is 0 Å². The maximum atomic E-state index is 11.9. The van der Waals surface area contributed by atoms with E-state index in [9.17, 15) is 9.59 Å². The predicted octanol–water partition coefficient (Wildman–Crippen LogP) is 3.48. The molecule has 1 aromatic rings. The molecule has 1 aliphatic carbocycles. The predicted molar refractivity (Wildman–Crippen MR) is 88.3 cm³/mol. The van der Waals surface area contributed by atoms with Crippen LogP contribution in [0.3, 0.4) is 0 Å². The highest BCUT2D eigenvalue weighted by atomic mass is 16.2. The summed E-state index contributed by atoms with van der Waals surface area (Å²) < 4.78 is 0. The summed E-state index contributed by atoms with van der Waals surface area (Å²) in [4.78, 5) is 23.5. The molecule has 0 saturated heterocycles. The molecule has 2 rings (SSSR count). The fraction of sp³-hybridized carbons (Fsp3) is 0.556. The number of anilines is 1. The zero-order valence-electron chi connectivity index (χ0n) is 13.5. The minimum atomic E-state index is -0.0328. The van der Waals surface area contributed by atoms with Gasteiger partial charge in [0.2, 0.25) is 11.8 Å². The number of nitrogens with one attached hydrogen (secondary N) is 2. The first-order valence-electron chi connectivity index (χ1n) is 8.21. The Balaban J connectivity index is 1.76. The number of hydrogen-bond acceptors (Lipinski definition) is 2. The minimum Gasteiger partial charge on any atom is -0.352 e. The molecule has 1 fully saturated rings. The first kappa shape index (κ1) is 16.5. The van der Waals surface area contributed by atoms with E-state index in [1.807, 2.05) is 38.1 Å². The average Bonchev–Trinajstić information content (AvgIpc) is 2.99. The Morgan fingerprint density at radius 2 is 1.77 bits per heavy atom. The van der Waals surface area contributed by atoms with E-state index in [0.717, 1.165) is 11.3 Å². The van der Waals surface area contributed by atoms with Gasteiger partial charge in [0, 0.05) is 24.6 Å². The van der Waals surface area contributed by atoms with Crippen LogP contribution in [0.4, 0.5) is 5.69 Å². The smallest absolute Gasteiger partial charge is 0.226 e. The number of amides is 2. The van der Waals surface area contributed by atoms with Crippen molar-refractivity contribution in [2.75, 3.05) is 5.32 Å². The molecular formula is C18H26N2O2. The van der Waals surface area contributed by atoms with Crippen LogP contribution >= 0.6 is 0 Å². The lowest BCUT2D eigenvalue weighted by molar-refractivity contribution is -0.122. The van der Waals surface area contributed by atoms with Crippen LogP contribution in [-0.4, -0.2) is 11.8 Å². The van der Waals surface area contributed by atoms with Gasteiger partial charge in [-0.05, 0) is 36.5 Å². The van der Waals surface area contributed by atoms with Gasteiger partial charge in [-0.1, -0.05) is 38.8 Å². The van der Waals surface area contributed by atoms with Gasteiger partial charge >= 0.3 is 0 Å². The lowest BCUT2D eigenvalue weighted by atomic mass is 10.0. The standard InChI is InChI=1S/C18H26N2O2/c1-13(2)18(22)20-16-9-7-15(8-10-16)12-19-17(21)11-14-5-3-4-6-14/h7-10,13-14H,3-6,11-12H2,1-2H3,(H,19,21)(H,20,22). The molecule has 0 unspecified atom stereocenters. The van der Waals surface area contributed by atoms with Gasteiger partial charge in [0.25, 0.3) is 0 Å². The lowest BCUT2D eigenvalue weighted by Crippen LogP contribution is -2.24. The quantitative estimate of drug-likeness (QED) is 0.845. The molecule has 4 heteroatoms. The molecule has 1 aliphatic rings. The Bertz CT molecular complexity index is 502. The molecule has 2 N–H and O–H groups in total. The molecule has 120 valence electrons. The van der Waals surface area contributed by atoms with Crippen molar-refractivity contribution in [1.82, 2.24) is 5.32 Å². The number of hydrogen-bond donors (Lipinski definition) is 2. The summed E-state index contributed by atoms with van der Waals surface area (Å²) in [6.07, 6.45) is 5.57. The SMILES string of the molecule is CC(C)C(=O)Nc1ccc(CNC(=O)CC2CCCC2)cc1. The van der Waals surface area contributed by atoms with Gasteiger partial charge in [0.1, 0.15) is 0 Å². The van der Waals surface area contributed by atoms with Crippen LogP contribution < -0.4 is 10.6 Å². The summed E-state index contributed by atoms with van der Waals surface area (Å²) in [5, 5.41) is 5.83. The van der Waals surface area contributed by atoms with Crippen molar-refractivity contribution >= 4 is 17.5 Å². The molecule has 0 atom stereocenters. The summed E-state index contributed by atoms with van der Waals surface area (Å²) in [5.41, 5.74) is 1.84. The highest BCUT2D eigenvalue weighted by Crippen LogP contribution is 2.27. The Morgan fingerprint density at radius 3 is 2.36 bits per heavy atom. The van der Waals surface area contributed by atoms with E-state index >= 15 is 0 Å². The third kappa shape index (κ3) is 5.17. The van der Waals surface area contributed by atoms with Crippen molar-refractivity contribution in [2.45, 2.75) is 52.5 Å². The molecule has 0 aliphatic heterocycles. The number of rotatable bonds is 6. The van der Waals surface area contributed by atoms with Crippen molar-refractivity contribution in [2.24, 2.45) is 11.8 Å². The average molecular weight is 302 g/mol. The fourth-order valence-corrected chi connectivity index (χ4v) is 2.74. The van der Waals surface area contributed by atoms with Gasteiger partial charge in [-0.2, -0.15) is 0 Å². The van der Waals surface area contributed by atoms with Crippen LogP contribution in [0.2, 0.25) is 0 Å². The second-order valence-corrected chi connectivity index (χ2v) is 6.47. The summed E-state index contributed by atoms with van der Waals surface area (Å²) in [6.45, 7) is 4.27. The van der Waals surface area contributed by atoms with Crippen LogP contribution in [0.5, 0.6) is 0 Å². The largest absolute Gasteiger partial charge is 0.352 e. The van der Waals surface area contributed by atoms with Crippen LogP contribution in [0.15, 0.2) is 24.3 Å².